The Morgan fingerprint density at radius 3 is 2.73 bits per heavy atom. The second-order valence-corrected chi connectivity index (χ2v) is 5.67. The summed E-state index contributed by atoms with van der Waals surface area (Å²) in [4.78, 5) is 23.5. The molecule has 0 fully saturated rings. The summed E-state index contributed by atoms with van der Waals surface area (Å²) in [6, 6.07) is 8.41. The third-order valence-corrected chi connectivity index (χ3v) is 4.29. The SMILES string of the molecule is CCC(Nc1ccc(C(=O)NC)cc1[N+](=O)[O-])c1cccs1. The van der Waals surface area contributed by atoms with Crippen LogP contribution >= 0.6 is 11.3 Å². The fraction of sp³-hybridized carbons (Fsp3) is 0.267. The van der Waals surface area contributed by atoms with Gasteiger partial charge in [0.15, 0.2) is 0 Å². The smallest absolute Gasteiger partial charge is 0.293 e. The number of thiophene rings is 1. The van der Waals surface area contributed by atoms with Crippen molar-refractivity contribution in [2.45, 2.75) is 19.4 Å². The van der Waals surface area contributed by atoms with E-state index in [-0.39, 0.29) is 23.2 Å². The van der Waals surface area contributed by atoms with Gasteiger partial charge in [-0.05, 0) is 30.0 Å². The summed E-state index contributed by atoms with van der Waals surface area (Å²) in [6.45, 7) is 2.02. The molecule has 2 rings (SSSR count). The van der Waals surface area contributed by atoms with Gasteiger partial charge >= 0.3 is 0 Å². The fourth-order valence-corrected chi connectivity index (χ4v) is 3.00. The molecule has 0 aliphatic heterocycles. The van der Waals surface area contributed by atoms with E-state index in [9.17, 15) is 14.9 Å². The summed E-state index contributed by atoms with van der Waals surface area (Å²) in [7, 11) is 1.49. The molecule has 6 nitrogen and oxygen atoms in total. The second kappa shape index (κ2) is 7.04. The Bertz CT molecular complexity index is 671. The third kappa shape index (κ3) is 3.43. The van der Waals surface area contributed by atoms with Crippen LogP contribution in [-0.2, 0) is 0 Å². The fourth-order valence-electron chi connectivity index (χ4n) is 2.14. The van der Waals surface area contributed by atoms with Crippen LogP contribution in [0.15, 0.2) is 35.7 Å². The number of nitro groups is 1. The number of carbonyl (C=O) groups excluding carboxylic acids is 1. The molecule has 2 aromatic rings. The van der Waals surface area contributed by atoms with Gasteiger partial charge < -0.3 is 10.6 Å². The molecule has 1 aromatic heterocycles. The number of carbonyl (C=O) groups is 1. The summed E-state index contributed by atoms with van der Waals surface area (Å²) in [5, 5.41) is 18.9. The first-order chi connectivity index (χ1) is 10.6. The molecule has 1 atom stereocenters. The molecule has 0 radical (unpaired) electrons. The van der Waals surface area contributed by atoms with Crippen LogP contribution < -0.4 is 10.6 Å². The van der Waals surface area contributed by atoms with Crippen molar-refractivity contribution in [2.24, 2.45) is 0 Å². The highest BCUT2D eigenvalue weighted by atomic mass is 32.1. The number of nitrogens with zero attached hydrogens (tertiary/aromatic N) is 1. The van der Waals surface area contributed by atoms with Gasteiger partial charge in [0.2, 0.25) is 0 Å². The lowest BCUT2D eigenvalue weighted by molar-refractivity contribution is -0.384. The normalized spacial score (nSPS) is 11.7. The van der Waals surface area contributed by atoms with Crippen LogP contribution in [0.25, 0.3) is 0 Å². The van der Waals surface area contributed by atoms with Gasteiger partial charge in [0.05, 0.1) is 11.0 Å². The van der Waals surface area contributed by atoms with Gasteiger partial charge in [-0.25, -0.2) is 0 Å². The zero-order valence-corrected chi connectivity index (χ0v) is 13.1. The van der Waals surface area contributed by atoms with Gasteiger partial charge in [-0.3, -0.25) is 14.9 Å². The Balaban J connectivity index is 2.33. The largest absolute Gasteiger partial charge is 0.372 e. The van der Waals surface area contributed by atoms with Crippen molar-refractivity contribution >= 4 is 28.6 Å². The van der Waals surface area contributed by atoms with Crippen molar-refractivity contribution < 1.29 is 9.72 Å². The average molecular weight is 319 g/mol. The molecule has 0 saturated carbocycles. The summed E-state index contributed by atoms with van der Waals surface area (Å²) in [5.41, 5.74) is 0.581. The Morgan fingerprint density at radius 1 is 1.41 bits per heavy atom. The first-order valence-corrected chi connectivity index (χ1v) is 7.75. The van der Waals surface area contributed by atoms with Crippen LogP contribution in [0.5, 0.6) is 0 Å². The molecule has 7 heteroatoms. The highest BCUT2D eigenvalue weighted by Crippen LogP contribution is 2.32. The maximum atomic E-state index is 11.6. The van der Waals surface area contributed by atoms with Crippen LogP contribution in [0.3, 0.4) is 0 Å². The van der Waals surface area contributed by atoms with Gasteiger partial charge in [0, 0.05) is 23.6 Å². The minimum atomic E-state index is -0.476. The monoisotopic (exact) mass is 319 g/mol. The number of anilines is 1. The number of nitro benzene ring substituents is 1. The lowest BCUT2D eigenvalue weighted by atomic mass is 10.1. The standard InChI is InChI=1S/C15H17N3O3S/c1-3-11(14-5-4-8-22-14)17-12-7-6-10(15(19)16-2)9-13(12)18(20)21/h4-9,11,17H,3H2,1-2H3,(H,16,19). The number of rotatable bonds is 6. The predicted molar refractivity (Wildman–Crippen MR) is 87.5 cm³/mol. The molecule has 1 amide bonds. The highest BCUT2D eigenvalue weighted by molar-refractivity contribution is 7.10. The maximum absolute atomic E-state index is 11.6. The third-order valence-electron chi connectivity index (χ3n) is 3.31. The molecular formula is C15H17N3O3S. The quantitative estimate of drug-likeness (QED) is 0.629. The molecule has 0 bridgehead atoms. The molecule has 1 heterocycles. The number of amides is 1. The molecule has 0 spiro atoms. The average Bonchev–Trinajstić information content (AvgIpc) is 3.05. The van der Waals surface area contributed by atoms with Gasteiger partial charge in [0.25, 0.3) is 11.6 Å². The molecule has 22 heavy (non-hydrogen) atoms. The minimum absolute atomic E-state index is 0.00421. The van der Waals surface area contributed by atoms with E-state index in [2.05, 4.69) is 10.6 Å². The van der Waals surface area contributed by atoms with E-state index in [0.717, 1.165) is 11.3 Å². The van der Waals surface area contributed by atoms with Crippen molar-refractivity contribution in [1.29, 1.82) is 0 Å². The number of hydrogen-bond acceptors (Lipinski definition) is 5. The van der Waals surface area contributed by atoms with E-state index in [1.54, 1.807) is 23.5 Å². The zero-order valence-electron chi connectivity index (χ0n) is 12.3. The van der Waals surface area contributed by atoms with Crippen LogP contribution in [0.1, 0.15) is 34.6 Å². The van der Waals surface area contributed by atoms with Gasteiger partial charge in [-0.15, -0.1) is 11.3 Å². The van der Waals surface area contributed by atoms with E-state index < -0.39 is 4.92 Å². The molecule has 116 valence electrons. The predicted octanol–water partition coefficient (Wildman–Crippen LogP) is 3.58. The Labute approximate surface area is 132 Å². The number of hydrogen-bond donors (Lipinski definition) is 2. The van der Waals surface area contributed by atoms with E-state index >= 15 is 0 Å². The molecule has 0 aliphatic rings. The van der Waals surface area contributed by atoms with Gasteiger partial charge in [-0.2, -0.15) is 0 Å². The van der Waals surface area contributed by atoms with Crippen molar-refractivity contribution in [3.63, 3.8) is 0 Å². The van der Waals surface area contributed by atoms with Crippen molar-refractivity contribution in [3.8, 4) is 0 Å². The van der Waals surface area contributed by atoms with Crippen LogP contribution in [0, 0.1) is 10.1 Å². The topological polar surface area (TPSA) is 84.3 Å². The number of nitrogens with one attached hydrogen (secondary N) is 2. The van der Waals surface area contributed by atoms with Crippen molar-refractivity contribution in [3.05, 3.63) is 56.3 Å². The first-order valence-electron chi connectivity index (χ1n) is 6.87. The molecule has 2 N–H and O–H groups in total. The van der Waals surface area contributed by atoms with Crippen LogP contribution in [-0.4, -0.2) is 17.9 Å². The van der Waals surface area contributed by atoms with E-state index in [1.165, 1.54) is 13.1 Å². The lowest BCUT2D eigenvalue weighted by Gasteiger charge is -2.17. The van der Waals surface area contributed by atoms with Crippen LogP contribution in [0.2, 0.25) is 0 Å². The van der Waals surface area contributed by atoms with Gasteiger partial charge in [0.1, 0.15) is 5.69 Å². The molecule has 1 unspecified atom stereocenters. The summed E-state index contributed by atoms with van der Waals surface area (Å²) in [5.74, 6) is -0.347. The van der Waals surface area contributed by atoms with E-state index in [1.807, 2.05) is 24.4 Å². The Morgan fingerprint density at radius 2 is 2.18 bits per heavy atom. The lowest BCUT2D eigenvalue weighted by Crippen LogP contribution is -2.18. The summed E-state index contributed by atoms with van der Waals surface area (Å²) >= 11 is 1.60. The molecule has 0 saturated heterocycles. The van der Waals surface area contributed by atoms with Gasteiger partial charge in [-0.1, -0.05) is 13.0 Å². The first kappa shape index (κ1) is 16.0. The Kier molecular flexibility index (Phi) is 5.11. The summed E-state index contributed by atoms with van der Waals surface area (Å²) in [6.07, 6.45) is 0.800. The van der Waals surface area contributed by atoms with Crippen molar-refractivity contribution in [1.82, 2.24) is 5.32 Å². The Hall–Kier alpha value is -2.41. The molecule has 0 aliphatic carbocycles. The molecule has 1 aromatic carbocycles. The van der Waals surface area contributed by atoms with E-state index in [4.69, 9.17) is 0 Å². The number of benzene rings is 1. The van der Waals surface area contributed by atoms with Crippen molar-refractivity contribution in [2.75, 3.05) is 12.4 Å². The molecular weight excluding hydrogens is 302 g/mol. The van der Waals surface area contributed by atoms with E-state index in [0.29, 0.717) is 5.69 Å². The summed E-state index contributed by atoms with van der Waals surface area (Å²) < 4.78 is 0. The maximum Gasteiger partial charge on any atom is 0.293 e. The zero-order chi connectivity index (χ0) is 16.1. The minimum Gasteiger partial charge on any atom is -0.372 e. The highest BCUT2D eigenvalue weighted by Gasteiger charge is 2.20. The second-order valence-electron chi connectivity index (χ2n) is 4.69. The van der Waals surface area contributed by atoms with Crippen LogP contribution in [0.4, 0.5) is 11.4 Å².